The largest absolute Gasteiger partial charge is 0.497 e. The lowest BCUT2D eigenvalue weighted by molar-refractivity contribution is 0.415. The molecule has 0 aliphatic carbocycles. The Morgan fingerprint density at radius 1 is 1.00 bits per heavy atom. The maximum atomic E-state index is 6.27. The van der Waals surface area contributed by atoms with Crippen molar-refractivity contribution in [3.63, 3.8) is 0 Å². The molecule has 19 heavy (non-hydrogen) atoms. The summed E-state index contributed by atoms with van der Waals surface area (Å²) in [7, 11) is 1.63. The van der Waals surface area contributed by atoms with Crippen molar-refractivity contribution in [2.45, 2.75) is 0 Å². The SMILES string of the molecule is COc1ccc(C(Cl)=Cc2ccc(Cl)c(Cl)c2)cc1. The minimum Gasteiger partial charge on any atom is -0.497 e. The van der Waals surface area contributed by atoms with E-state index < -0.39 is 0 Å². The molecule has 4 heteroatoms. The first kappa shape index (κ1) is 14.3. The molecule has 2 rings (SSSR count). The molecule has 0 N–H and O–H groups in total. The molecule has 0 saturated heterocycles. The van der Waals surface area contributed by atoms with E-state index >= 15 is 0 Å². The average Bonchev–Trinajstić information content (AvgIpc) is 2.43. The summed E-state index contributed by atoms with van der Waals surface area (Å²) < 4.78 is 5.10. The lowest BCUT2D eigenvalue weighted by Crippen LogP contribution is -1.83. The molecule has 0 amide bonds. The number of methoxy groups -OCH3 is 1. The van der Waals surface area contributed by atoms with E-state index in [9.17, 15) is 0 Å². The lowest BCUT2D eigenvalue weighted by atomic mass is 10.1. The number of hydrogen-bond donors (Lipinski definition) is 0. The molecular formula is C15H11Cl3O. The number of halogens is 3. The van der Waals surface area contributed by atoms with Crippen LogP contribution in [0.4, 0.5) is 0 Å². The van der Waals surface area contributed by atoms with Gasteiger partial charge in [0, 0.05) is 5.03 Å². The lowest BCUT2D eigenvalue weighted by Gasteiger charge is -2.03. The zero-order valence-electron chi connectivity index (χ0n) is 10.2. The van der Waals surface area contributed by atoms with Crippen molar-refractivity contribution in [3.05, 3.63) is 63.6 Å². The van der Waals surface area contributed by atoms with Crippen LogP contribution in [0.15, 0.2) is 42.5 Å². The van der Waals surface area contributed by atoms with Gasteiger partial charge in [-0.15, -0.1) is 0 Å². The molecule has 0 radical (unpaired) electrons. The van der Waals surface area contributed by atoms with E-state index in [1.807, 2.05) is 36.4 Å². The van der Waals surface area contributed by atoms with E-state index in [0.717, 1.165) is 16.9 Å². The summed E-state index contributed by atoms with van der Waals surface area (Å²) in [6, 6.07) is 12.9. The number of ether oxygens (including phenoxy) is 1. The molecule has 2 aromatic carbocycles. The number of hydrogen-bond acceptors (Lipinski definition) is 1. The van der Waals surface area contributed by atoms with Crippen LogP contribution in [0.5, 0.6) is 5.75 Å². The van der Waals surface area contributed by atoms with Crippen molar-refractivity contribution in [2.75, 3.05) is 7.11 Å². The standard InChI is InChI=1S/C15H11Cl3O/c1-19-12-5-3-11(4-6-12)14(17)8-10-2-7-13(16)15(18)9-10/h2-9H,1H3. The van der Waals surface area contributed by atoms with Gasteiger partial charge < -0.3 is 4.74 Å². The fraction of sp³-hybridized carbons (Fsp3) is 0.0667. The molecule has 0 aromatic heterocycles. The van der Waals surface area contributed by atoms with Crippen LogP contribution in [-0.2, 0) is 0 Å². The molecule has 1 nitrogen and oxygen atoms in total. The maximum Gasteiger partial charge on any atom is 0.118 e. The van der Waals surface area contributed by atoms with Gasteiger partial charge in [-0.1, -0.05) is 40.9 Å². The number of benzene rings is 2. The normalized spacial score (nSPS) is 11.5. The Labute approximate surface area is 127 Å². The van der Waals surface area contributed by atoms with E-state index in [4.69, 9.17) is 39.5 Å². The van der Waals surface area contributed by atoms with Crippen molar-refractivity contribution >= 4 is 45.9 Å². The van der Waals surface area contributed by atoms with E-state index in [1.54, 1.807) is 19.2 Å². The van der Waals surface area contributed by atoms with Crippen molar-refractivity contribution in [3.8, 4) is 5.75 Å². The molecule has 98 valence electrons. The first-order chi connectivity index (χ1) is 9.10. The zero-order valence-corrected chi connectivity index (χ0v) is 12.4. The van der Waals surface area contributed by atoms with Gasteiger partial charge in [-0.2, -0.15) is 0 Å². The van der Waals surface area contributed by atoms with Gasteiger partial charge in [0.25, 0.3) is 0 Å². The average molecular weight is 314 g/mol. The van der Waals surface area contributed by atoms with Crippen molar-refractivity contribution in [1.29, 1.82) is 0 Å². The topological polar surface area (TPSA) is 9.23 Å². The second-order valence-corrected chi connectivity index (χ2v) is 5.12. The third-order valence-electron chi connectivity index (χ3n) is 2.60. The highest BCUT2D eigenvalue weighted by Crippen LogP contribution is 2.27. The van der Waals surface area contributed by atoms with Crippen LogP contribution in [0.25, 0.3) is 11.1 Å². The third kappa shape index (κ3) is 3.66. The highest BCUT2D eigenvalue weighted by Gasteiger charge is 2.01. The summed E-state index contributed by atoms with van der Waals surface area (Å²) in [6.45, 7) is 0. The molecule has 0 heterocycles. The van der Waals surface area contributed by atoms with E-state index in [0.29, 0.717) is 15.1 Å². The van der Waals surface area contributed by atoms with Gasteiger partial charge in [0.2, 0.25) is 0 Å². The second-order valence-electron chi connectivity index (χ2n) is 3.89. The fourth-order valence-electron chi connectivity index (χ4n) is 1.58. The van der Waals surface area contributed by atoms with Gasteiger partial charge in [0.15, 0.2) is 0 Å². The van der Waals surface area contributed by atoms with Gasteiger partial charge in [0.1, 0.15) is 5.75 Å². The zero-order chi connectivity index (χ0) is 13.8. The van der Waals surface area contributed by atoms with E-state index in [1.165, 1.54) is 0 Å². The van der Waals surface area contributed by atoms with Crippen molar-refractivity contribution < 1.29 is 4.74 Å². The first-order valence-corrected chi connectivity index (χ1v) is 6.70. The van der Waals surface area contributed by atoms with Crippen LogP contribution in [0.3, 0.4) is 0 Å². The summed E-state index contributed by atoms with van der Waals surface area (Å²) in [5.41, 5.74) is 1.81. The monoisotopic (exact) mass is 312 g/mol. The van der Waals surface area contributed by atoms with Crippen LogP contribution in [0.2, 0.25) is 10.0 Å². The predicted octanol–water partition coefficient (Wildman–Crippen LogP) is 5.74. The Kier molecular flexibility index (Phi) is 4.76. The minimum absolute atomic E-state index is 0.509. The quantitative estimate of drug-likeness (QED) is 0.657. The summed E-state index contributed by atoms with van der Waals surface area (Å²) in [5.74, 6) is 0.794. The molecule has 0 atom stereocenters. The molecule has 0 bridgehead atoms. The fourth-order valence-corrected chi connectivity index (χ4v) is 2.14. The predicted molar refractivity (Wildman–Crippen MR) is 83.2 cm³/mol. The van der Waals surface area contributed by atoms with Crippen LogP contribution in [-0.4, -0.2) is 7.11 Å². The van der Waals surface area contributed by atoms with Crippen LogP contribution < -0.4 is 4.74 Å². The van der Waals surface area contributed by atoms with Crippen LogP contribution in [0, 0.1) is 0 Å². The summed E-state index contributed by atoms with van der Waals surface area (Å²) in [6.07, 6.45) is 1.84. The van der Waals surface area contributed by atoms with Crippen LogP contribution >= 0.6 is 34.8 Å². The van der Waals surface area contributed by atoms with E-state index in [-0.39, 0.29) is 0 Å². The third-order valence-corrected chi connectivity index (χ3v) is 3.67. The smallest absolute Gasteiger partial charge is 0.118 e. The second kappa shape index (κ2) is 6.33. The Morgan fingerprint density at radius 2 is 1.68 bits per heavy atom. The molecule has 0 fully saturated rings. The summed E-state index contributed by atoms with van der Waals surface area (Å²) in [4.78, 5) is 0. The highest BCUT2D eigenvalue weighted by molar-refractivity contribution is 6.51. The molecule has 0 saturated carbocycles. The van der Waals surface area contributed by atoms with Crippen molar-refractivity contribution in [1.82, 2.24) is 0 Å². The van der Waals surface area contributed by atoms with Gasteiger partial charge in [-0.25, -0.2) is 0 Å². The van der Waals surface area contributed by atoms with Gasteiger partial charge in [-0.3, -0.25) is 0 Å². The maximum absolute atomic E-state index is 6.27. The van der Waals surface area contributed by atoms with Crippen LogP contribution in [0.1, 0.15) is 11.1 Å². The molecule has 0 spiro atoms. The Bertz CT molecular complexity index is 603. The first-order valence-electron chi connectivity index (χ1n) is 5.57. The molecule has 0 aliphatic rings. The summed E-state index contributed by atoms with van der Waals surface area (Å²) >= 11 is 18.1. The minimum atomic E-state index is 0.509. The van der Waals surface area contributed by atoms with Gasteiger partial charge >= 0.3 is 0 Å². The van der Waals surface area contributed by atoms with Gasteiger partial charge in [0.05, 0.1) is 17.2 Å². The molecule has 2 aromatic rings. The number of rotatable bonds is 3. The Balaban J connectivity index is 2.28. The Morgan fingerprint density at radius 3 is 2.26 bits per heavy atom. The Hall–Kier alpha value is -1.15. The molecule has 0 aliphatic heterocycles. The molecular weight excluding hydrogens is 303 g/mol. The molecule has 0 unspecified atom stereocenters. The van der Waals surface area contributed by atoms with E-state index in [2.05, 4.69) is 0 Å². The van der Waals surface area contributed by atoms with Gasteiger partial charge in [-0.05, 0) is 53.6 Å². The van der Waals surface area contributed by atoms with Crippen molar-refractivity contribution in [2.24, 2.45) is 0 Å². The highest BCUT2D eigenvalue weighted by atomic mass is 35.5. The summed E-state index contributed by atoms with van der Waals surface area (Å²) in [5, 5.41) is 1.66.